The van der Waals surface area contributed by atoms with Crippen LogP contribution in [0, 0.1) is 17.3 Å². The number of nitrogens with one attached hydrogen (secondary N) is 1. The van der Waals surface area contributed by atoms with Crippen LogP contribution in [0.5, 0.6) is 0 Å². The van der Waals surface area contributed by atoms with E-state index in [1.54, 1.807) is 6.20 Å². The fourth-order valence-electron chi connectivity index (χ4n) is 5.18. The molecule has 2 fully saturated rings. The first-order valence-electron chi connectivity index (χ1n) is 11.9. The standard InChI is InChI=1S/C26H33ClF2N2O3/c1-24(2,3)8-7-15-5-6-18(11-21(15)27)25(4)20(17-12-26(28,29)13-17)14-31(23(34)30-25)19-9-16(10-19)22(32)33/h5-6,11,14,16-17,19H,7-10,12-13H2,1-4H3,(H,30,34)(H,32,33)/t16?,19?,25-/m1/s1. The third-order valence-electron chi connectivity index (χ3n) is 7.61. The summed E-state index contributed by atoms with van der Waals surface area (Å²) >= 11 is 6.63. The van der Waals surface area contributed by atoms with Gasteiger partial charge in [-0.05, 0) is 66.7 Å². The van der Waals surface area contributed by atoms with Gasteiger partial charge in [-0.15, -0.1) is 0 Å². The van der Waals surface area contributed by atoms with Gasteiger partial charge in [0.25, 0.3) is 0 Å². The van der Waals surface area contributed by atoms with Crippen LogP contribution in [0.1, 0.15) is 70.9 Å². The molecule has 4 rings (SSSR count). The fourth-order valence-corrected chi connectivity index (χ4v) is 5.46. The molecule has 1 heterocycles. The van der Waals surface area contributed by atoms with E-state index < -0.39 is 23.3 Å². The first-order valence-corrected chi connectivity index (χ1v) is 12.3. The fraction of sp³-hybridized carbons (Fsp3) is 0.615. The summed E-state index contributed by atoms with van der Waals surface area (Å²) in [5, 5.41) is 12.8. The van der Waals surface area contributed by atoms with Crippen molar-refractivity contribution in [3.8, 4) is 0 Å². The number of carboxylic acid groups (broad SMARTS) is 1. The predicted molar refractivity (Wildman–Crippen MR) is 127 cm³/mol. The van der Waals surface area contributed by atoms with Gasteiger partial charge >= 0.3 is 12.0 Å². The van der Waals surface area contributed by atoms with Gasteiger partial charge in [-0.3, -0.25) is 9.69 Å². The Balaban J connectivity index is 1.64. The summed E-state index contributed by atoms with van der Waals surface area (Å²) in [6.07, 6.45) is 3.68. The van der Waals surface area contributed by atoms with Crippen LogP contribution in [-0.2, 0) is 16.8 Å². The topological polar surface area (TPSA) is 69.6 Å². The van der Waals surface area contributed by atoms with E-state index in [2.05, 4.69) is 26.1 Å². The molecule has 2 N–H and O–H groups in total. The maximum atomic E-state index is 13.8. The molecule has 0 spiro atoms. The number of alkyl halides is 2. The molecule has 1 aliphatic heterocycles. The van der Waals surface area contributed by atoms with E-state index in [9.17, 15) is 23.5 Å². The number of benzene rings is 1. The Kier molecular flexibility index (Phi) is 6.24. The number of hydrogen-bond acceptors (Lipinski definition) is 2. The number of carbonyl (C=O) groups excluding carboxylic acids is 1. The highest BCUT2D eigenvalue weighted by atomic mass is 35.5. The largest absolute Gasteiger partial charge is 0.481 e. The van der Waals surface area contributed by atoms with E-state index in [1.807, 2.05) is 25.1 Å². The van der Waals surface area contributed by atoms with E-state index in [0.29, 0.717) is 17.9 Å². The molecule has 0 aromatic heterocycles. The van der Waals surface area contributed by atoms with Crippen molar-refractivity contribution in [3.63, 3.8) is 0 Å². The number of aryl methyl sites for hydroxylation is 1. The van der Waals surface area contributed by atoms with Crippen molar-refractivity contribution >= 4 is 23.6 Å². The van der Waals surface area contributed by atoms with Crippen molar-refractivity contribution in [2.45, 2.75) is 83.7 Å². The zero-order valence-corrected chi connectivity index (χ0v) is 20.9. The van der Waals surface area contributed by atoms with Crippen LogP contribution in [0.3, 0.4) is 0 Å². The van der Waals surface area contributed by atoms with Crippen molar-refractivity contribution in [1.29, 1.82) is 0 Å². The Morgan fingerprint density at radius 2 is 1.91 bits per heavy atom. The van der Waals surface area contributed by atoms with Gasteiger partial charge in [-0.2, -0.15) is 0 Å². The Labute approximate surface area is 204 Å². The zero-order valence-electron chi connectivity index (χ0n) is 20.1. The van der Waals surface area contributed by atoms with E-state index in [1.165, 1.54) is 4.90 Å². The normalized spacial score (nSPS) is 29.1. The molecule has 0 unspecified atom stereocenters. The summed E-state index contributed by atoms with van der Waals surface area (Å²) in [6, 6.07) is 5.13. The number of halogens is 3. The lowest BCUT2D eigenvalue weighted by atomic mass is 9.67. The molecule has 5 nitrogen and oxygen atoms in total. The second kappa shape index (κ2) is 8.51. The summed E-state index contributed by atoms with van der Waals surface area (Å²) in [5.41, 5.74) is 1.68. The molecular formula is C26H33ClF2N2O3. The molecule has 1 aromatic rings. The van der Waals surface area contributed by atoms with Crippen LogP contribution in [-0.4, -0.2) is 34.0 Å². The molecule has 3 aliphatic rings. The molecule has 8 heteroatoms. The minimum absolute atomic E-state index is 0.168. The van der Waals surface area contributed by atoms with E-state index in [0.717, 1.165) is 29.5 Å². The van der Waals surface area contributed by atoms with Crippen LogP contribution in [0.25, 0.3) is 0 Å². The van der Waals surface area contributed by atoms with Crippen molar-refractivity contribution in [2.24, 2.45) is 17.3 Å². The Bertz CT molecular complexity index is 1020. The number of amides is 2. The predicted octanol–water partition coefficient (Wildman–Crippen LogP) is 6.35. The van der Waals surface area contributed by atoms with Crippen LogP contribution < -0.4 is 5.32 Å². The van der Waals surface area contributed by atoms with Gasteiger partial charge in [-0.25, -0.2) is 13.6 Å². The van der Waals surface area contributed by atoms with Crippen LogP contribution in [0.15, 0.2) is 30.0 Å². The first kappa shape index (κ1) is 25.0. The molecule has 0 bridgehead atoms. The average Bonchev–Trinajstić information content (AvgIpc) is 2.64. The van der Waals surface area contributed by atoms with Crippen molar-refractivity contribution in [3.05, 3.63) is 46.1 Å². The Hall–Kier alpha value is -2.15. The SMILES string of the molecule is CC(C)(C)CCc1ccc([C@@]2(C)NC(=O)N(C3CC(C(=O)O)C3)C=C2C2CC(F)(F)C2)cc1Cl. The number of carbonyl (C=O) groups is 2. The number of carboxylic acids is 1. The number of nitrogens with zero attached hydrogens (tertiary/aromatic N) is 1. The summed E-state index contributed by atoms with van der Waals surface area (Å²) in [5.74, 6) is -4.44. The van der Waals surface area contributed by atoms with Gasteiger partial charge in [0.05, 0.1) is 11.5 Å². The minimum atomic E-state index is -2.71. The lowest BCUT2D eigenvalue weighted by molar-refractivity contribution is -0.146. The number of rotatable bonds is 6. The molecule has 34 heavy (non-hydrogen) atoms. The molecule has 2 saturated carbocycles. The van der Waals surface area contributed by atoms with Crippen LogP contribution in [0.2, 0.25) is 5.02 Å². The minimum Gasteiger partial charge on any atom is -0.481 e. The molecule has 1 atom stereocenters. The lowest BCUT2D eigenvalue weighted by Crippen LogP contribution is -2.60. The van der Waals surface area contributed by atoms with Gasteiger partial charge in [0, 0.05) is 30.1 Å². The van der Waals surface area contributed by atoms with Gasteiger partial charge in [0.2, 0.25) is 5.92 Å². The summed E-state index contributed by atoms with van der Waals surface area (Å²) in [6.45, 7) is 8.36. The molecule has 2 aliphatic carbocycles. The average molecular weight is 495 g/mol. The van der Waals surface area contributed by atoms with Crippen LogP contribution >= 0.6 is 11.6 Å². The third-order valence-corrected chi connectivity index (χ3v) is 7.96. The Morgan fingerprint density at radius 1 is 1.26 bits per heavy atom. The second-order valence-corrected chi connectivity index (χ2v) is 11.9. The first-order chi connectivity index (χ1) is 15.7. The van der Waals surface area contributed by atoms with Gasteiger partial charge in [-0.1, -0.05) is 44.5 Å². The highest BCUT2D eigenvalue weighted by Crippen LogP contribution is 2.52. The molecule has 0 saturated heterocycles. The monoisotopic (exact) mass is 494 g/mol. The van der Waals surface area contributed by atoms with E-state index >= 15 is 0 Å². The molecular weight excluding hydrogens is 462 g/mol. The number of aliphatic carboxylic acids is 1. The van der Waals surface area contributed by atoms with Crippen LogP contribution in [0.4, 0.5) is 13.6 Å². The molecule has 0 radical (unpaired) electrons. The van der Waals surface area contributed by atoms with Crippen molar-refractivity contribution in [1.82, 2.24) is 10.2 Å². The molecule has 186 valence electrons. The van der Waals surface area contributed by atoms with Crippen molar-refractivity contribution < 1.29 is 23.5 Å². The maximum absolute atomic E-state index is 13.8. The highest BCUT2D eigenvalue weighted by molar-refractivity contribution is 6.31. The number of urea groups is 1. The summed E-state index contributed by atoms with van der Waals surface area (Å²) in [4.78, 5) is 25.8. The highest BCUT2D eigenvalue weighted by Gasteiger charge is 2.53. The van der Waals surface area contributed by atoms with Gasteiger partial charge in [0.1, 0.15) is 0 Å². The Morgan fingerprint density at radius 3 is 2.44 bits per heavy atom. The third kappa shape index (κ3) is 4.81. The maximum Gasteiger partial charge on any atom is 0.322 e. The van der Waals surface area contributed by atoms with Gasteiger partial charge < -0.3 is 10.4 Å². The van der Waals surface area contributed by atoms with Crippen molar-refractivity contribution in [2.75, 3.05) is 0 Å². The smallest absolute Gasteiger partial charge is 0.322 e. The number of hydrogen-bond donors (Lipinski definition) is 2. The van der Waals surface area contributed by atoms with Gasteiger partial charge in [0.15, 0.2) is 0 Å². The summed E-state index contributed by atoms with van der Waals surface area (Å²) in [7, 11) is 0. The van der Waals surface area contributed by atoms with E-state index in [4.69, 9.17) is 11.6 Å². The quantitative estimate of drug-likeness (QED) is 0.484. The second-order valence-electron chi connectivity index (χ2n) is 11.5. The molecule has 2 amide bonds. The van der Waals surface area contributed by atoms with E-state index in [-0.39, 0.29) is 36.2 Å². The summed E-state index contributed by atoms with van der Waals surface area (Å²) < 4.78 is 27.7. The molecule has 1 aromatic carbocycles. The zero-order chi connectivity index (χ0) is 25.1. The lowest BCUT2D eigenvalue weighted by Gasteiger charge is -2.50.